The quantitative estimate of drug-likeness (QED) is 0.578. The number of aromatic amines is 1. The van der Waals surface area contributed by atoms with E-state index < -0.39 is 17.2 Å². The van der Waals surface area contributed by atoms with Gasteiger partial charge in [-0.25, -0.2) is 9.36 Å². The van der Waals surface area contributed by atoms with Crippen LogP contribution in [0.3, 0.4) is 0 Å². The summed E-state index contributed by atoms with van der Waals surface area (Å²) in [5, 5.41) is 2.79. The van der Waals surface area contributed by atoms with Crippen LogP contribution in [0.25, 0.3) is 16.7 Å². The first kappa shape index (κ1) is 17.5. The molecular formula is C21H18N4O3. The molecule has 0 aliphatic rings. The molecule has 0 atom stereocenters. The lowest BCUT2D eigenvalue weighted by Crippen LogP contribution is -2.34. The molecule has 0 aliphatic heterocycles. The second-order valence-electron chi connectivity index (χ2n) is 6.60. The predicted molar refractivity (Wildman–Crippen MR) is 108 cm³/mol. The highest BCUT2D eigenvalue weighted by atomic mass is 16.2. The number of aryl methyl sites for hydroxylation is 2. The van der Waals surface area contributed by atoms with E-state index >= 15 is 0 Å². The molecule has 28 heavy (non-hydrogen) atoms. The zero-order chi connectivity index (χ0) is 19.8. The Morgan fingerprint density at radius 3 is 2.36 bits per heavy atom. The van der Waals surface area contributed by atoms with E-state index in [1.54, 1.807) is 60.3 Å². The number of benzene rings is 2. The van der Waals surface area contributed by atoms with Crippen LogP contribution < -0.4 is 16.6 Å². The Kier molecular flexibility index (Phi) is 4.19. The van der Waals surface area contributed by atoms with E-state index in [-0.39, 0.29) is 16.6 Å². The first-order valence-corrected chi connectivity index (χ1v) is 8.73. The van der Waals surface area contributed by atoms with E-state index in [1.807, 2.05) is 19.1 Å². The number of fused-ring (bicyclic) bond motifs is 1. The van der Waals surface area contributed by atoms with Crippen LogP contribution in [0.15, 0.2) is 70.4 Å². The molecule has 0 bridgehead atoms. The Morgan fingerprint density at radius 1 is 1.00 bits per heavy atom. The Morgan fingerprint density at radius 2 is 1.68 bits per heavy atom. The van der Waals surface area contributed by atoms with Gasteiger partial charge in [0.2, 0.25) is 0 Å². The van der Waals surface area contributed by atoms with Gasteiger partial charge in [0.05, 0.1) is 16.8 Å². The highest BCUT2D eigenvalue weighted by molar-refractivity contribution is 6.11. The van der Waals surface area contributed by atoms with Gasteiger partial charge in [-0.15, -0.1) is 0 Å². The molecule has 2 N–H and O–H groups in total. The third kappa shape index (κ3) is 2.92. The molecule has 4 aromatic rings. The molecule has 0 aliphatic carbocycles. The summed E-state index contributed by atoms with van der Waals surface area (Å²) >= 11 is 0. The van der Waals surface area contributed by atoms with E-state index in [9.17, 15) is 14.4 Å². The minimum atomic E-state index is -0.598. The van der Waals surface area contributed by atoms with Gasteiger partial charge in [0.1, 0.15) is 5.52 Å². The van der Waals surface area contributed by atoms with Crippen LogP contribution in [0.5, 0.6) is 0 Å². The van der Waals surface area contributed by atoms with E-state index in [2.05, 4.69) is 10.3 Å². The third-order valence-electron chi connectivity index (χ3n) is 4.59. The molecule has 1 amide bonds. The lowest BCUT2D eigenvalue weighted by atomic mass is 10.2. The van der Waals surface area contributed by atoms with Gasteiger partial charge in [-0.05, 0) is 31.2 Å². The van der Waals surface area contributed by atoms with Gasteiger partial charge < -0.3 is 14.9 Å². The number of carbonyl (C=O) groups is 1. The van der Waals surface area contributed by atoms with Crippen LogP contribution >= 0.6 is 0 Å². The zero-order valence-corrected chi connectivity index (χ0v) is 15.4. The van der Waals surface area contributed by atoms with Crippen molar-refractivity contribution in [1.82, 2.24) is 14.1 Å². The minimum absolute atomic E-state index is 0.217. The van der Waals surface area contributed by atoms with Crippen LogP contribution in [0.2, 0.25) is 0 Å². The molecule has 2 aromatic heterocycles. The van der Waals surface area contributed by atoms with Crippen molar-refractivity contribution in [1.29, 1.82) is 0 Å². The van der Waals surface area contributed by atoms with Gasteiger partial charge in [0, 0.05) is 18.9 Å². The summed E-state index contributed by atoms with van der Waals surface area (Å²) in [6.45, 7) is 1.96. The smallest absolute Gasteiger partial charge is 0.333 e. The van der Waals surface area contributed by atoms with Crippen molar-refractivity contribution in [2.75, 3.05) is 5.32 Å². The summed E-state index contributed by atoms with van der Waals surface area (Å²) in [4.78, 5) is 41.0. The SMILES string of the molecule is Cc1ccc(NC(=O)c2cn(C)c3c(=O)n(-c4ccccc4)c(=O)[nH]c23)cc1. The first-order valence-electron chi connectivity index (χ1n) is 8.73. The average molecular weight is 374 g/mol. The van der Waals surface area contributed by atoms with Crippen LogP contribution in [-0.4, -0.2) is 20.0 Å². The Hall–Kier alpha value is -3.87. The number of hydrogen-bond donors (Lipinski definition) is 2. The highest BCUT2D eigenvalue weighted by Crippen LogP contribution is 2.17. The van der Waals surface area contributed by atoms with E-state index in [1.165, 1.54) is 0 Å². The molecule has 0 spiro atoms. The number of carbonyl (C=O) groups excluding carboxylic acids is 1. The van der Waals surface area contributed by atoms with E-state index in [4.69, 9.17) is 0 Å². The van der Waals surface area contributed by atoms with E-state index in [0.717, 1.165) is 10.1 Å². The minimum Gasteiger partial charge on any atom is -0.344 e. The first-order chi connectivity index (χ1) is 13.5. The molecule has 0 saturated heterocycles. The standard InChI is InChI=1S/C21H18N4O3/c1-13-8-10-14(11-9-13)22-19(26)16-12-24(2)18-17(16)23-21(28)25(20(18)27)15-6-4-3-5-7-15/h3-12H,1-2H3,(H,22,26)(H,23,28). The molecule has 7 nitrogen and oxygen atoms in total. The Balaban J connectivity index is 1.84. The normalized spacial score (nSPS) is 10.9. The van der Waals surface area contributed by atoms with Crippen LogP contribution in [0.1, 0.15) is 15.9 Å². The average Bonchev–Trinajstić information content (AvgIpc) is 3.01. The van der Waals surface area contributed by atoms with Crippen molar-refractivity contribution in [2.45, 2.75) is 6.92 Å². The second kappa shape index (κ2) is 6.70. The van der Waals surface area contributed by atoms with Crippen molar-refractivity contribution in [3.05, 3.63) is 92.8 Å². The number of H-pyrrole nitrogens is 1. The van der Waals surface area contributed by atoms with Gasteiger partial charge in [0.15, 0.2) is 0 Å². The van der Waals surface area contributed by atoms with E-state index in [0.29, 0.717) is 11.4 Å². The molecule has 2 heterocycles. The van der Waals surface area contributed by atoms with Gasteiger partial charge in [0.25, 0.3) is 11.5 Å². The molecule has 0 unspecified atom stereocenters. The summed E-state index contributed by atoms with van der Waals surface area (Å²) in [6.07, 6.45) is 1.54. The van der Waals surface area contributed by atoms with Crippen molar-refractivity contribution in [2.24, 2.45) is 7.05 Å². The molecule has 2 aromatic carbocycles. The number of nitrogens with one attached hydrogen (secondary N) is 2. The summed E-state index contributed by atoms with van der Waals surface area (Å²) in [5.74, 6) is -0.401. The summed E-state index contributed by atoms with van der Waals surface area (Å²) in [6, 6.07) is 16.0. The largest absolute Gasteiger partial charge is 0.344 e. The van der Waals surface area contributed by atoms with Gasteiger partial charge in [-0.1, -0.05) is 35.9 Å². The van der Waals surface area contributed by atoms with Crippen LogP contribution in [0, 0.1) is 6.92 Å². The number of aromatic nitrogens is 3. The zero-order valence-electron chi connectivity index (χ0n) is 15.4. The molecule has 4 rings (SSSR count). The number of para-hydroxylation sites is 1. The van der Waals surface area contributed by atoms with Gasteiger partial charge in [-0.3, -0.25) is 9.59 Å². The van der Waals surface area contributed by atoms with Crippen molar-refractivity contribution >= 4 is 22.6 Å². The summed E-state index contributed by atoms with van der Waals surface area (Å²) in [7, 11) is 1.67. The molecular weight excluding hydrogens is 356 g/mol. The number of hydrogen-bond acceptors (Lipinski definition) is 3. The molecule has 0 radical (unpaired) electrons. The lowest BCUT2D eigenvalue weighted by Gasteiger charge is -2.06. The summed E-state index contributed by atoms with van der Waals surface area (Å²) < 4.78 is 2.61. The maximum Gasteiger partial charge on any atom is 0.333 e. The van der Waals surface area contributed by atoms with Gasteiger partial charge >= 0.3 is 5.69 Å². The third-order valence-corrected chi connectivity index (χ3v) is 4.59. The maximum absolute atomic E-state index is 13.0. The monoisotopic (exact) mass is 374 g/mol. The number of anilines is 1. The highest BCUT2D eigenvalue weighted by Gasteiger charge is 2.20. The fraction of sp³-hybridized carbons (Fsp3) is 0.0952. The Bertz CT molecular complexity index is 1300. The molecule has 0 saturated carbocycles. The number of amides is 1. The van der Waals surface area contributed by atoms with Crippen LogP contribution in [0.4, 0.5) is 5.69 Å². The predicted octanol–water partition coefficient (Wildman–Crippen LogP) is 2.58. The number of rotatable bonds is 3. The molecule has 0 fully saturated rings. The van der Waals surface area contributed by atoms with Crippen molar-refractivity contribution < 1.29 is 4.79 Å². The molecule has 140 valence electrons. The number of nitrogens with zero attached hydrogens (tertiary/aromatic N) is 2. The topological polar surface area (TPSA) is 88.9 Å². The van der Waals surface area contributed by atoms with Crippen molar-refractivity contribution in [3.63, 3.8) is 0 Å². The van der Waals surface area contributed by atoms with Crippen LogP contribution in [-0.2, 0) is 7.05 Å². The molecule has 7 heteroatoms. The fourth-order valence-corrected chi connectivity index (χ4v) is 3.19. The fourth-order valence-electron chi connectivity index (χ4n) is 3.19. The van der Waals surface area contributed by atoms with Gasteiger partial charge in [-0.2, -0.15) is 0 Å². The Labute approximate surface area is 159 Å². The maximum atomic E-state index is 13.0. The second-order valence-corrected chi connectivity index (χ2v) is 6.60. The summed E-state index contributed by atoms with van der Waals surface area (Å²) in [5.41, 5.74) is 1.78. The van der Waals surface area contributed by atoms with Crippen molar-refractivity contribution in [3.8, 4) is 5.69 Å². The lowest BCUT2D eigenvalue weighted by molar-refractivity contribution is 0.102.